The van der Waals surface area contributed by atoms with Crippen LogP contribution in [0.3, 0.4) is 0 Å². The van der Waals surface area contributed by atoms with Crippen LogP contribution in [-0.4, -0.2) is 0 Å². The van der Waals surface area contributed by atoms with E-state index in [1.807, 2.05) is 12.1 Å². The van der Waals surface area contributed by atoms with Gasteiger partial charge in [0.15, 0.2) is 0 Å². The SMILES string of the molecule is c1ccc(-c2ccc3cc(-c4c5ccccc5c(-c5cccc6c5oc5cc(-c7ccccc7)ccc56)c5ccccc45)ccc3c2)cc1.c1ccc(-c2ccc3ccc(-c4c5ccccc5c(-c5cccc6c5oc5c(-c7ccccc7)cccc56)c5ccccc45)cc3c2)cc1.c1ccc(-c2ccccc2-c2c3ccccc3c(-c3ccc4c(c3)oc3ccccc34)c3ccccc23)cc1. The predicted molar refractivity (Wildman–Crippen MR) is 581 cm³/mol. The molecule has 0 N–H and O–H groups in total. The molecule has 0 aliphatic heterocycles. The molecular weight excluding hydrogens is 1660 g/mol. The van der Waals surface area contributed by atoms with E-state index in [-0.39, 0.29) is 0 Å². The zero-order valence-corrected chi connectivity index (χ0v) is 74.7. The molecule has 3 nitrogen and oxygen atoms in total. The number of hydrogen-bond donors (Lipinski definition) is 0. The van der Waals surface area contributed by atoms with Gasteiger partial charge in [0.25, 0.3) is 0 Å². The van der Waals surface area contributed by atoms with Crippen LogP contribution in [0.25, 0.3) is 274 Å². The van der Waals surface area contributed by atoms with Gasteiger partial charge in [0.05, 0.1) is 0 Å². The summed E-state index contributed by atoms with van der Waals surface area (Å²) in [6, 6.07) is 183. The van der Waals surface area contributed by atoms with Crippen molar-refractivity contribution in [2.24, 2.45) is 0 Å². The van der Waals surface area contributed by atoms with Crippen molar-refractivity contribution >= 4 is 152 Å². The summed E-state index contributed by atoms with van der Waals surface area (Å²) in [5, 5.41) is 26.5. The van der Waals surface area contributed by atoms with E-state index in [2.05, 4.69) is 497 Å². The highest BCUT2D eigenvalue weighted by Crippen LogP contribution is 2.53. The molecule has 0 saturated heterocycles. The molecule has 0 bridgehead atoms. The topological polar surface area (TPSA) is 39.4 Å². The van der Waals surface area contributed by atoms with E-state index < -0.39 is 0 Å². The lowest BCUT2D eigenvalue weighted by molar-refractivity contribution is 0.669. The minimum Gasteiger partial charge on any atom is -0.456 e. The maximum atomic E-state index is 6.93. The summed E-state index contributed by atoms with van der Waals surface area (Å²) in [5.74, 6) is 0. The second kappa shape index (κ2) is 33.7. The van der Waals surface area contributed by atoms with Gasteiger partial charge in [0, 0.05) is 60.1 Å². The average Bonchev–Trinajstić information content (AvgIpc) is 1.50. The van der Waals surface area contributed by atoms with E-state index in [0.29, 0.717) is 0 Å². The zero-order chi connectivity index (χ0) is 90.4. The molecule has 0 aliphatic rings. The Balaban J connectivity index is 0.000000107. The first-order chi connectivity index (χ1) is 68.0. The number of fused-ring (bicyclic) bond motifs is 17. The van der Waals surface area contributed by atoms with Crippen molar-refractivity contribution in [3.8, 4) is 122 Å². The van der Waals surface area contributed by atoms with Crippen LogP contribution in [0.1, 0.15) is 0 Å². The molecule has 3 aromatic heterocycles. The predicted octanol–water partition coefficient (Wildman–Crippen LogP) is 38.3. The minimum atomic E-state index is 0.903. The average molecular weight is 1740 g/mol. The number of rotatable bonds is 11. The second-order valence-electron chi connectivity index (χ2n) is 35.7. The molecule has 25 aromatic carbocycles. The highest BCUT2D eigenvalue weighted by molar-refractivity contribution is 6.28. The Bertz CT molecular complexity index is 9470. The van der Waals surface area contributed by atoms with E-state index in [0.717, 1.165) is 99.2 Å². The molecular formula is C134H84O3. The number of furan rings is 3. The van der Waals surface area contributed by atoms with Crippen LogP contribution < -0.4 is 0 Å². The van der Waals surface area contributed by atoms with Crippen molar-refractivity contribution in [3.63, 3.8) is 0 Å². The highest BCUT2D eigenvalue weighted by atomic mass is 16.3. The van der Waals surface area contributed by atoms with Crippen LogP contribution in [0.15, 0.2) is 523 Å². The monoisotopic (exact) mass is 1740 g/mol. The Morgan fingerprint density at radius 1 is 0.102 bits per heavy atom. The number of hydrogen-bond acceptors (Lipinski definition) is 3. The van der Waals surface area contributed by atoms with Gasteiger partial charge in [-0.15, -0.1) is 0 Å². The van der Waals surface area contributed by atoms with E-state index in [9.17, 15) is 0 Å². The van der Waals surface area contributed by atoms with E-state index >= 15 is 0 Å². The Kier molecular flexibility index (Phi) is 19.6. The van der Waals surface area contributed by atoms with Crippen molar-refractivity contribution in [2.45, 2.75) is 0 Å². The first kappa shape index (κ1) is 79.9. The van der Waals surface area contributed by atoms with Crippen LogP contribution in [0, 0.1) is 0 Å². The van der Waals surface area contributed by atoms with Gasteiger partial charge in [0.1, 0.15) is 33.5 Å². The fourth-order valence-electron chi connectivity index (χ4n) is 21.7. The van der Waals surface area contributed by atoms with Gasteiger partial charge >= 0.3 is 0 Å². The quantitative estimate of drug-likeness (QED) is 0.121. The van der Waals surface area contributed by atoms with E-state index in [1.165, 1.54) is 175 Å². The maximum Gasteiger partial charge on any atom is 0.143 e. The summed E-state index contributed by atoms with van der Waals surface area (Å²) in [6.07, 6.45) is 0. The summed E-state index contributed by atoms with van der Waals surface area (Å²) in [5.41, 5.74) is 32.0. The van der Waals surface area contributed by atoms with Gasteiger partial charge in [0.2, 0.25) is 0 Å². The smallest absolute Gasteiger partial charge is 0.143 e. The van der Waals surface area contributed by atoms with Crippen molar-refractivity contribution in [2.75, 3.05) is 0 Å². The van der Waals surface area contributed by atoms with Gasteiger partial charge in [-0.05, 0) is 235 Å². The lowest BCUT2D eigenvalue weighted by Gasteiger charge is -2.19. The minimum absolute atomic E-state index is 0.903. The molecule has 28 aromatic rings. The molecule has 3 heterocycles. The third-order valence-electron chi connectivity index (χ3n) is 28.0. The second-order valence-corrected chi connectivity index (χ2v) is 35.7. The molecule has 638 valence electrons. The molecule has 0 spiro atoms. The summed E-state index contributed by atoms with van der Waals surface area (Å²) in [7, 11) is 0. The summed E-state index contributed by atoms with van der Waals surface area (Å²) < 4.78 is 20.0. The normalized spacial score (nSPS) is 11.6. The number of para-hydroxylation sites is 4. The Hall–Kier alpha value is -18.0. The molecule has 0 radical (unpaired) electrons. The van der Waals surface area contributed by atoms with Crippen LogP contribution in [0.4, 0.5) is 0 Å². The Labute approximate surface area is 791 Å². The molecule has 0 fully saturated rings. The Morgan fingerprint density at radius 2 is 0.350 bits per heavy atom. The highest BCUT2D eigenvalue weighted by Gasteiger charge is 2.27. The van der Waals surface area contributed by atoms with Crippen molar-refractivity contribution in [1.29, 1.82) is 0 Å². The number of benzene rings is 25. The third kappa shape index (κ3) is 13.9. The molecule has 0 amide bonds. The van der Waals surface area contributed by atoms with Crippen LogP contribution in [0.2, 0.25) is 0 Å². The van der Waals surface area contributed by atoms with Gasteiger partial charge < -0.3 is 13.3 Å². The molecule has 28 rings (SSSR count). The fraction of sp³-hybridized carbons (Fsp3) is 0. The fourth-order valence-corrected chi connectivity index (χ4v) is 21.7. The summed E-state index contributed by atoms with van der Waals surface area (Å²) >= 11 is 0. The van der Waals surface area contributed by atoms with Crippen LogP contribution in [0.5, 0.6) is 0 Å². The molecule has 0 atom stereocenters. The largest absolute Gasteiger partial charge is 0.456 e. The van der Waals surface area contributed by atoms with E-state index in [1.54, 1.807) is 0 Å². The molecule has 3 heteroatoms. The first-order valence-electron chi connectivity index (χ1n) is 47.1. The van der Waals surface area contributed by atoms with Gasteiger partial charge in [-0.3, -0.25) is 0 Å². The standard InChI is InChI=1S/2C48H30O.C38H24O/c1-3-13-31(14-4-1)34-27-25-32-26-28-35(30-36(32)29-34)45-38-17-7-9-19-40(38)46(41-20-10-8-18-39(41)45)44-24-12-23-43-42-22-11-21-37(47(42)49-48(43)44)33-15-5-2-6-16-33;1-3-12-31(13-4-1)33-22-23-35-29-37(25-24-34(35)28-33)46-39-16-7-9-18-41(39)47(42-19-10-8-17-40(42)46)44-21-11-20-43-38-27-26-36(30-45(38)49-48(43)44)32-14-5-2-6-15-32;1-2-12-25(13-3-1)27-14-4-5-16-30(27)38-33-19-8-6-17-31(33)37(32-18-7-9-20-34(32)38)26-22-23-29-28-15-10-11-21-35(28)39-36(29)24-26/h2*1-30H;1-24H. The molecule has 0 aliphatic carbocycles. The van der Waals surface area contributed by atoms with E-state index in [4.69, 9.17) is 13.3 Å². The van der Waals surface area contributed by atoms with Gasteiger partial charge in [-0.2, -0.15) is 0 Å². The maximum absolute atomic E-state index is 6.93. The van der Waals surface area contributed by atoms with Crippen LogP contribution >= 0.6 is 0 Å². The van der Waals surface area contributed by atoms with Crippen molar-refractivity contribution in [3.05, 3.63) is 510 Å². The van der Waals surface area contributed by atoms with Gasteiger partial charge in [-0.25, -0.2) is 0 Å². The molecule has 137 heavy (non-hydrogen) atoms. The molecule has 0 saturated carbocycles. The third-order valence-corrected chi connectivity index (χ3v) is 28.0. The summed E-state index contributed by atoms with van der Waals surface area (Å²) in [6.45, 7) is 0. The first-order valence-corrected chi connectivity index (χ1v) is 47.1. The summed E-state index contributed by atoms with van der Waals surface area (Å²) in [4.78, 5) is 0. The Morgan fingerprint density at radius 3 is 0.803 bits per heavy atom. The zero-order valence-electron chi connectivity index (χ0n) is 74.7. The van der Waals surface area contributed by atoms with Gasteiger partial charge in [-0.1, -0.05) is 455 Å². The lowest BCUT2D eigenvalue weighted by Crippen LogP contribution is -1.92. The lowest BCUT2D eigenvalue weighted by atomic mass is 9.84. The van der Waals surface area contributed by atoms with Crippen molar-refractivity contribution in [1.82, 2.24) is 0 Å². The van der Waals surface area contributed by atoms with Crippen LogP contribution in [-0.2, 0) is 0 Å². The molecule has 0 unspecified atom stereocenters. The van der Waals surface area contributed by atoms with Crippen molar-refractivity contribution < 1.29 is 13.3 Å².